The summed E-state index contributed by atoms with van der Waals surface area (Å²) in [4.78, 5) is 36.9. The van der Waals surface area contributed by atoms with Gasteiger partial charge in [-0.3, -0.25) is 10.1 Å². The van der Waals surface area contributed by atoms with Crippen LogP contribution in [0.1, 0.15) is 30.9 Å². The van der Waals surface area contributed by atoms with Crippen molar-refractivity contribution in [3.63, 3.8) is 0 Å². The molecule has 0 radical (unpaired) electrons. The number of para-hydroxylation sites is 1. The van der Waals surface area contributed by atoms with E-state index in [2.05, 4.69) is 5.32 Å². The number of nitro groups is 1. The number of dihydropyridines is 1. The highest BCUT2D eigenvalue weighted by Crippen LogP contribution is 2.42. The van der Waals surface area contributed by atoms with Crippen LogP contribution in [0, 0.1) is 10.1 Å². The van der Waals surface area contributed by atoms with Crippen molar-refractivity contribution in [1.82, 2.24) is 5.32 Å². The van der Waals surface area contributed by atoms with Crippen molar-refractivity contribution < 1.29 is 24.0 Å². The highest BCUT2D eigenvalue weighted by Gasteiger charge is 2.40. The Balaban J connectivity index is 2.09. The number of ether oxygens (including phenoxy) is 2. The molecule has 3 rings (SSSR count). The van der Waals surface area contributed by atoms with Crippen LogP contribution in [0.4, 0.5) is 5.69 Å². The van der Waals surface area contributed by atoms with Gasteiger partial charge in [0.05, 0.1) is 29.1 Å². The standard InChI is InChI=1S/C23H22N2O6/c1-14-19(22(26)30-3)21(17-11-7-8-12-18(17)25(28)29)20(15(2)24-14)23(27)31-13-16-9-5-4-6-10-16/h4-12,21,24H,13H2,1-3H3. The fourth-order valence-corrected chi connectivity index (χ4v) is 3.65. The molecule has 0 saturated carbocycles. The maximum atomic E-state index is 13.1. The highest BCUT2D eigenvalue weighted by atomic mass is 16.6. The number of carbonyl (C=O) groups is 2. The number of allylic oxidation sites excluding steroid dienone is 2. The smallest absolute Gasteiger partial charge is 0.337 e. The molecule has 1 heterocycles. The third-order valence-corrected chi connectivity index (χ3v) is 5.04. The molecule has 31 heavy (non-hydrogen) atoms. The van der Waals surface area contributed by atoms with E-state index in [1.165, 1.54) is 25.3 Å². The lowest BCUT2D eigenvalue weighted by Gasteiger charge is -2.30. The second-order valence-electron chi connectivity index (χ2n) is 7.00. The summed E-state index contributed by atoms with van der Waals surface area (Å²) in [5, 5.41) is 14.7. The lowest BCUT2D eigenvalue weighted by molar-refractivity contribution is -0.385. The molecule has 2 aromatic carbocycles. The minimum atomic E-state index is -1.02. The van der Waals surface area contributed by atoms with Crippen molar-refractivity contribution in [3.05, 3.63) is 98.4 Å². The number of esters is 2. The molecule has 0 spiro atoms. The summed E-state index contributed by atoms with van der Waals surface area (Å²) in [6.07, 6.45) is 0. The number of nitrogens with one attached hydrogen (secondary N) is 1. The Bertz CT molecular complexity index is 1090. The molecule has 1 aliphatic heterocycles. The molecule has 0 bridgehead atoms. The van der Waals surface area contributed by atoms with Crippen LogP contribution in [0.3, 0.4) is 0 Å². The summed E-state index contributed by atoms with van der Waals surface area (Å²) >= 11 is 0. The van der Waals surface area contributed by atoms with Gasteiger partial charge < -0.3 is 14.8 Å². The zero-order chi connectivity index (χ0) is 22.5. The van der Waals surface area contributed by atoms with Gasteiger partial charge in [-0.15, -0.1) is 0 Å². The largest absolute Gasteiger partial charge is 0.466 e. The van der Waals surface area contributed by atoms with E-state index in [0.29, 0.717) is 11.4 Å². The van der Waals surface area contributed by atoms with Gasteiger partial charge in [0.1, 0.15) is 6.61 Å². The number of benzene rings is 2. The van der Waals surface area contributed by atoms with E-state index in [0.717, 1.165) is 5.56 Å². The molecule has 1 unspecified atom stereocenters. The third-order valence-electron chi connectivity index (χ3n) is 5.04. The minimum Gasteiger partial charge on any atom is -0.466 e. The predicted molar refractivity (Wildman–Crippen MR) is 113 cm³/mol. The molecule has 1 aliphatic rings. The van der Waals surface area contributed by atoms with Crippen molar-refractivity contribution in [2.24, 2.45) is 0 Å². The van der Waals surface area contributed by atoms with Gasteiger partial charge in [0, 0.05) is 23.0 Å². The molecule has 0 saturated heterocycles. The van der Waals surface area contributed by atoms with Gasteiger partial charge >= 0.3 is 11.9 Å². The maximum absolute atomic E-state index is 13.1. The molecule has 0 aromatic heterocycles. The summed E-state index contributed by atoms with van der Waals surface area (Å²) in [5.41, 5.74) is 1.94. The normalized spacial score (nSPS) is 15.9. The summed E-state index contributed by atoms with van der Waals surface area (Å²) in [6.45, 7) is 3.35. The quantitative estimate of drug-likeness (QED) is 0.429. The van der Waals surface area contributed by atoms with Crippen LogP contribution < -0.4 is 5.32 Å². The van der Waals surface area contributed by atoms with Gasteiger partial charge in [0.2, 0.25) is 0 Å². The van der Waals surface area contributed by atoms with E-state index in [4.69, 9.17) is 9.47 Å². The number of rotatable bonds is 6. The third kappa shape index (κ3) is 4.48. The van der Waals surface area contributed by atoms with Crippen molar-refractivity contribution >= 4 is 17.6 Å². The van der Waals surface area contributed by atoms with Crippen molar-refractivity contribution in [2.75, 3.05) is 7.11 Å². The molecule has 8 nitrogen and oxygen atoms in total. The van der Waals surface area contributed by atoms with E-state index in [9.17, 15) is 19.7 Å². The fourth-order valence-electron chi connectivity index (χ4n) is 3.65. The highest BCUT2D eigenvalue weighted by molar-refractivity contribution is 6.00. The number of hydrogen-bond acceptors (Lipinski definition) is 7. The molecular formula is C23H22N2O6. The Hall–Kier alpha value is -3.94. The van der Waals surface area contributed by atoms with E-state index in [-0.39, 0.29) is 29.0 Å². The van der Waals surface area contributed by atoms with E-state index in [1.54, 1.807) is 19.9 Å². The SMILES string of the molecule is COC(=O)C1=C(C)NC(C)=C(C(=O)OCc2ccccc2)C1c1ccccc1[N+](=O)[O-]. The van der Waals surface area contributed by atoms with Crippen LogP contribution in [0.2, 0.25) is 0 Å². The zero-order valence-electron chi connectivity index (χ0n) is 17.4. The van der Waals surface area contributed by atoms with Gasteiger partial charge in [-0.1, -0.05) is 48.5 Å². The summed E-state index contributed by atoms with van der Waals surface area (Å²) < 4.78 is 10.4. The Morgan fingerprint density at radius 2 is 1.55 bits per heavy atom. The molecule has 8 heteroatoms. The fraction of sp³-hybridized carbons (Fsp3) is 0.217. The van der Waals surface area contributed by atoms with Gasteiger partial charge in [0.25, 0.3) is 5.69 Å². The first-order valence-corrected chi connectivity index (χ1v) is 9.56. The van der Waals surface area contributed by atoms with Gasteiger partial charge in [0.15, 0.2) is 0 Å². The number of nitrogens with zero attached hydrogens (tertiary/aromatic N) is 1. The maximum Gasteiger partial charge on any atom is 0.337 e. The van der Waals surface area contributed by atoms with Crippen LogP contribution in [-0.4, -0.2) is 24.0 Å². The molecule has 2 aromatic rings. The first-order chi connectivity index (χ1) is 14.8. The Morgan fingerprint density at radius 1 is 0.968 bits per heavy atom. The summed E-state index contributed by atoms with van der Waals surface area (Å²) in [5.74, 6) is -2.38. The number of hydrogen-bond donors (Lipinski definition) is 1. The topological polar surface area (TPSA) is 108 Å². The molecule has 1 atom stereocenters. The minimum absolute atomic E-state index is 0.0241. The van der Waals surface area contributed by atoms with Crippen LogP contribution in [0.25, 0.3) is 0 Å². The van der Waals surface area contributed by atoms with Gasteiger partial charge in [-0.2, -0.15) is 0 Å². The molecular weight excluding hydrogens is 400 g/mol. The van der Waals surface area contributed by atoms with Crippen LogP contribution in [-0.2, 0) is 25.7 Å². The number of methoxy groups -OCH3 is 1. The van der Waals surface area contributed by atoms with Gasteiger partial charge in [-0.05, 0) is 19.4 Å². The molecule has 0 aliphatic carbocycles. The zero-order valence-corrected chi connectivity index (χ0v) is 17.4. The average Bonchev–Trinajstić information content (AvgIpc) is 2.77. The second kappa shape index (κ2) is 9.25. The lowest BCUT2D eigenvalue weighted by atomic mass is 9.79. The van der Waals surface area contributed by atoms with Gasteiger partial charge in [-0.25, -0.2) is 9.59 Å². The number of nitro benzene ring substituents is 1. The molecule has 0 amide bonds. The van der Waals surface area contributed by atoms with Crippen LogP contribution >= 0.6 is 0 Å². The van der Waals surface area contributed by atoms with E-state index < -0.39 is 22.8 Å². The average molecular weight is 422 g/mol. The second-order valence-corrected chi connectivity index (χ2v) is 7.00. The molecule has 1 N–H and O–H groups in total. The monoisotopic (exact) mass is 422 g/mol. The lowest BCUT2D eigenvalue weighted by Crippen LogP contribution is -2.32. The Labute approximate surface area is 179 Å². The van der Waals surface area contributed by atoms with Crippen LogP contribution in [0.5, 0.6) is 0 Å². The summed E-state index contributed by atoms with van der Waals surface area (Å²) in [6, 6.07) is 15.2. The Kier molecular flexibility index (Phi) is 6.49. The molecule has 0 fully saturated rings. The van der Waals surface area contributed by atoms with E-state index in [1.807, 2.05) is 30.3 Å². The molecule has 160 valence electrons. The van der Waals surface area contributed by atoms with E-state index >= 15 is 0 Å². The first-order valence-electron chi connectivity index (χ1n) is 9.56. The summed E-state index contributed by atoms with van der Waals surface area (Å²) in [7, 11) is 1.22. The van der Waals surface area contributed by atoms with Crippen LogP contribution in [0.15, 0.2) is 77.1 Å². The Morgan fingerprint density at radius 3 is 2.16 bits per heavy atom. The van der Waals surface area contributed by atoms with Crippen molar-refractivity contribution in [1.29, 1.82) is 0 Å². The van der Waals surface area contributed by atoms with Crippen molar-refractivity contribution in [2.45, 2.75) is 26.4 Å². The predicted octanol–water partition coefficient (Wildman–Crippen LogP) is 3.75. The van der Waals surface area contributed by atoms with Crippen molar-refractivity contribution in [3.8, 4) is 0 Å². The first kappa shape index (κ1) is 21.8. The number of carbonyl (C=O) groups excluding carboxylic acids is 2.